The van der Waals surface area contributed by atoms with Crippen molar-refractivity contribution in [2.45, 2.75) is 31.8 Å². The van der Waals surface area contributed by atoms with Gasteiger partial charge in [0.2, 0.25) is 0 Å². The molecule has 4 rings (SSSR count). The Bertz CT molecular complexity index is 634. The van der Waals surface area contributed by atoms with Gasteiger partial charge in [0.25, 0.3) is 0 Å². The van der Waals surface area contributed by atoms with Crippen molar-refractivity contribution in [2.24, 2.45) is 0 Å². The summed E-state index contributed by atoms with van der Waals surface area (Å²) in [6.07, 6.45) is 3.95. The first-order valence-electron chi connectivity index (χ1n) is 7.18. The molecule has 0 saturated carbocycles. The van der Waals surface area contributed by atoms with Gasteiger partial charge in [-0.1, -0.05) is 18.2 Å². The van der Waals surface area contributed by atoms with E-state index in [-0.39, 0.29) is 0 Å². The molecule has 0 aliphatic carbocycles. The molecule has 1 fully saturated rings. The largest absolute Gasteiger partial charge is 0.497 e. The van der Waals surface area contributed by atoms with E-state index in [1.165, 1.54) is 42.1 Å². The van der Waals surface area contributed by atoms with Crippen LogP contribution in [-0.2, 0) is 13.0 Å². The first-order valence-corrected chi connectivity index (χ1v) is 7.18. The van der Waals surface area contributed by atoms with Gasteiger partial charge in [-0.15, -0.1) is 0 Å². The number of hydrogen-bond donors (Lipinski definition) is 0. The van der Waals surface area contributed by atoms with Gasteiger partial charge in [0.1, 0.15) is 5.75 Å². The second-order valence-electron chi connectivity index (χ2n) is 5.76. The summed E-state index contributed by atoms with van der Waals surface area (Å²) in [4.78, 5) is 2.65. The highest BCUT2D eigenvalue weighted by Crippen LogP contribution is 2.35. The summed E-state index contributed by atoms with van der Waals surface area (Å²) in [6, 6.07) is 11.8. The van der Waals surface area contributed by atoms with Crippen molar-refractivity contribution >= 4 is 10.8 Å². The average molecular weight is 253 g/mol. The van der Waals surface area contributed by atoms with Crippen molar-refractivity contribution in [1.29, 1.82) is 0 Å². The molecule has 1 saturated heterocycles. The molecule has 0 spiro atoms. The lowest BCUT2D eigenvalue weighted by Crippen LogP contribution is -2.35. The van der Waals surface area contributed by atoms with E-state index in [4.69, 9.17) is 4.74 Å². The minimum atomic E-state index is 0.778. The van der Waals surface area contributed by atoms with Crippen molar-refractivity contribution in [1.82, 2.24) is 4.90 Å². The third-order valence-electron chi connectivity index (χ3n) is 4.75. The van der Waals surface area contributed by atoms with Gasteiger partial charge in [-0.2, -0.15) is 0 Å². The van der Waals surface area contributed by atoms with Gasteiger partial charge in [-0.05, 0) is 59.8 Å². The minimum Gasteiger partial charge on any atom is -0.497 e. The fourth-order valence-electron chi connectivity index (χ4n) is 3.72. The van der Waals surface area contributed by atoms with Crippen LogP contribution in [0.2, 0.25) is 0 Å². The van der Waals surface area contributed by atoms with E-state index in [0.29, 0.717) is 0 Å². The number of fused-ring (bicyclic) bond motifs is 4. The lowest BCUT2D eigenvalue weighted by Gasteiger charge is -2.32. The smallest absolute Gasteiger partial charge is 0.119 e. The Morgan fingerprint density at radius 2 is 2.16 bits per heavy atom. The number of hydrogen-bond acceptors (Lipinski definition) is 2. The second kappa shape index (κ2) is 4.24. The second-order valence-corrected chi connectivity index (χ2v) is 5.76. The van der Waals surface area contributed by atoms with Crippen LogP contribution in [0.1, 0.15) is 24.0 Å². The zero-order valence-electron chi connectivity index (χ0n) is 11.4. The van der Waals surface area contributed by atoms with Crippen molar-refractivity contribution < 1.29 is 4.74 Å². The number of benzene rings is 2. The molecule has 0 aromatic heterocycles. The van der Waals surface area contributed by atoms with Gasteiger partial charge in [0.05, 0.1) is 7.11 Å². The molecule has 0 radical (unpaired) electrons. The van der Waals surface area contributed by atoms with Gasteiger partial charge in [-0.3, -0.25) is 4.90 Å². The molecule has 2 heteroatoms. The average Bonchev–Trinajstić information content (AvgIpc) is 2.91. The summed E-state index contributed by atoms with van der Waals surface area (Å²) in [5, 5.41) is 2.73. The summed E-state index contributed by atoms with van der Waals surface area (Å²) >= 11 is 0. The van der Waals surface area contributed by atoms with Gasteiger partial charge in [0, 0.05) is 12.6 Å². The topological polar surface area (TPSA) is 12.5 Å². The van der Waals surface area contributed by atoms with E-state index in [0.717, 1.165) is 18.3 Å². The Balaban J connectivity index is 1.85. The Morgan fingerprint density at radius 1 is 1.21 bits per heavy atom. The van der Waals surface area contributed by atoms with Gasteiger partial charge in [-0.25, -0.2) is 0 Å². The monoisotopic (exact) mass is 253 g/mol. The molecule has 0 amide bonds. The molecule has 2 aromatic carbocycles. The molecule has 1 unspecified atom stereocenters. The molecule has 19 heavy (non-hydrogen) atoms. The highest BCUT2D eigenvalue weighted by Gasteiger charge is 2.30. The lowest BCUT2D eigenvalue weighted by molar-refractivity contribution is 0.228. The van der Waals surface area contributed by atoms with Crippen LogP contribution in [-0.4, -0.2) is 24.6 Å². The Kier molecular flexibility index (Phi) is 2.52. The first-order chi connectivity index (χ1) is 9.35. The third-order valence-corrected chi connectivity index (χ3v) is 4.75. The highest BCUT2D eigenvalue weighted by atomic mass is 16.5. The summed E-state index contributed by atoms with van der Waals surface area (Å²) in [5.74, 6) is 0.950. The van der Waals surface area contributed by atoms with Crippen LogP contribution < -0.4 is 4.74 Å². The van der Waals surface area contributed by atoms with Crippen LogP contribution in [0.5, 0.6) is 5.75 Å². The van der Waals surface area contributed by atoms with Crippen molar-refractivity contribution in [3.8, 4) is 5.75 Å². The van der Waals surface area contributed by atoms with Crippen LogP contribution in [0.25, 0.3) is 10.8 Å². The van der Waals surface area contributed by atoms with Crippen molar-refractivity contribution in [2.75, 3.05) is 13.7 Å². The van der Waals surface area contributed by atoms with Gasteiger partial charge in [0.15, 0.2) is 0 Å². The number of ether oxygens (including phenoxy) is 1. The van der Waals surface area contributed by atoms with Gasteiger partial charge < -0.3 is 4.74 Å². The zero-order valence-corrected chi connectivity index (χ0v) is 11.4. The molecular weight excluding hydrogens is 234 g/mol. The predicted octanol–water partition coefficient (Wildman–Crippen LogP) is 3.37. The summed E-state index contributed by atoms with van der Waals surface area (Å²) in [7, 11) is 1.73. The van der Waals surface area contributed by atoms with Crippen LogP contribution >= 0.6 is 0 Å². The fourth-order valence-corrected chi connectivity index (χ4v) is 3.72. The quantitative estimate of drug-likeness (QED) is 0.772. The summed E-state index contributed by atoms with van der Waals surface area (Å²) < 4.78 is 5.33. The third kappa shape index (κ3) is 1.74. The zero-order chi connectivity index (χ0) is 12.8. The van der Waals surface area contributed by atoms with Crippen LogP contribution in [0.3, 0.4) is 0 Å². The molecule has 0 bridgehead atoms. The molecule has 2 aliphatic rings. The van der Waals surface area contributed by atoms with Crippen LogP contribution in [0, 0.1) is 0 Å². The lowest BCUT2D eigenvalue weighted by atomic mass is 9.90. The molecule has 2 nitrogen and oxygen atoms in total. The number of methoxy groups -OCH3 is 1. The van der Waals surface area contributed by atoms with E-state index >= 15 is 0 Å². The molecule has 0 N–H and O–H groups in total. The van der Waals surface area contributed by atoms with Crippen LogP contribution in [0.4, 0.5) is 0 Å². The van der Waals surface area contributed by atoms with E-state index in [2.05, 4.69) is 35.2 Å². The van der Waals surface area contributed by atoms with Crippen molar-refractivity contribution in [3.63, 3.8) is 0 Å². The maximum Gasteiger partial charge on any atom is 0.119 e. The molecule has 1 atom stereocenters. The maximum absolute atomic E-state index is 5.33. The normalized spacial score (nSPS) is 22.3. The first kappa shape index (κ1) is 11.3. The van der Waals surface area contributed by atoms with Gasteiger partial charge >= 0.3 is 0 Å². The van der Waals surface area contributed by atoms with E-state index in [9.17, 15) is 0 Å². The number of nitrogens with zero attached hydrogens (tertiary/aromatic N) is 1. The summed E-state index contributed by atoms with van der Waals surface area (Å²) in [6.45, 7) is 2.42. The SMILES string of the molecule is COc1ccc2c3c(ccc2c1)CN1CCCC1C3. The predicted molar refractivity (Wildman–Crippen MR) is 77.6 cm³/mol. The van der Waals surface area contributed by atoms with Crippen molar-refractivity contribution in [3.05, 3.63) is 41.5 Å². The Labute approximate surface area is 114 Å². The summed E-state index contributed by atoms with van der Waals surface area (Å²) in [5.41, 5.74) is 3.10. The highest BCUT2D eigenvalue weighted by molar-refractivity contribution is 5.88. The Morgan fingerprint density at radius 3 is 3.05 bits per heavy atom. The maximum atomic E-state index is 5.33. The molecule has 2 aromatic rings. The fraction of sp³-hybridized carbons (Fsp3) is 0.412. The molecular formula is C17H19NO. The molecule has 2 aliphatic heterocycles. The van der Waals surface area contributed by atoms with E-state index in [1.807, 2.05) is 0 Å². The minimum absolute atomic E-state index is 0.778. The Hall–Kier alpha value is -1.54. The number of rotatable bonds is 1. The van der Waals surface area contributed by atoms with E-state index < -0.39 is 0 Å². The van der Waals surface area contributed by atoms with E-state index in [1.54, 1.807) is 12.7 Å². The molecule has 2 heterocycles. The standard InChI is InChI=1S/C17H19NO/c1-19-15-6-7-16-12(9-15)4-5-13-11-18-8-2-3-14(18)10-17(13)16/h4-7,9,14H,2-3,8,10-11H2,1H3. The van der Waals surface area contributed by atoms with Crippen LogP contribution in [0.15, 0.2) is 30.3 Å². The molecule has 98 valence electrons.